The summed E-state index contributed by atoms with van der Waals surface area (Å²) in [7, 11) is 0. The van der Waals surface area contributed by atoms with Crippen LogP contribution < -0.4 is 5.32 Å². The van der Waals surface area contributed by atoms with E-state index < -0.39 is 60.1 Å². The molecule has 5 atom stereocenters. The lowest BCUT2D eigenvalue weighted by molar-refractivity contribution is -0.193. The third-order valence-electron chi connectivity index (χ3n) is 4.42. The normalized spacial score (nSPS) is 25.7. The number of hydrogen-bond donors (Lipinski definition) is 2. The molecule has 1 aliphatic carbocycles. The molecule has 0 saturated heterocycles. The van der Waals surface area contributed by atoms with Gasteiger partial charge >= 0.3 is 23.9 Å². The number of nitrogens with one attached hydrogen (secondary N) is 1. The lowest BCUT2D eigenvalue weighted by Crippen LogP contribution is -2.63. The Labute approximate surface area is 174 Å². The third kappa shape index (κ3) is 8.76. The standard InChI is InChI=1S/C19H29NO10/c1-10(21)20-17-15(27-7-5-6-16(25)26)8-14(9-28-11(2)22)18(29-12(3)23)19(17)30-13(4)24/h14-15,17-19H,5-9H2,1-4H3,(H,20,21)(H,25,26)/t14-,15-,17+,18+,19-/m1/s1. The SMILES string of the molecule is CC(=O)N[C@@H]1[C@@H](OC(C)=O)[C@@H](OC(C)=O)[C@@H](COC(C)=O)C[C@H]1OCCCC(=O)O. The molecule has 0 radical (unpaired) electrons. The van der Waals surface area contributed by atoms with Crippen LogP contribution in [-0.4, -0.2) is 72.5 Å². The van der Waals surface area contributed by atoms with Gasteiger partial charge in [-0.1, -0.05) is 0 Å². The van der Waals surface area contributed by atoms with Crippen molar-refractivity contribution in [2.24, 2.45) is 5.92 Å². The van der Waals surface area contributed by atoms with Crippen LogP contribution >= 0.6 is 0 Å². The predicted octanol–water partition coefficient (Wildman–Crippen LogP) is 0.188. The Hall–Kier alpha value is -2.69. The van der Waals surface area contributed by atoms with E-state index in [1.807, 2.05) is 0 Å². The fourth-order valence-corrected chi connectivity index (χ4v) is 3.38. The van der Waals surface area contributed by atoms with Gasteiger partial charge in [-0.05, 0) is 12.8 Å². The van der Waals surface area contributed by atoms with Crippen LogP contribution in [0.5, 0.6) is 0 Å². The highest BCUT2D eigenvalue weighted by Gasteiger charge is 2.50. The van der Waals surface area contributed by atoms with Gasteiger partial charge in [0.25, 0.3) is 0 Å². The second-order valence-corrected chi connectivity index (χ2v) is 7.08. The van der Waals surface area contributed by atoms with Crippen LogP contribution in [0.15, 0.2) is 0 Å². The molecule has 0 aromatic rings. The second kappa shape index (κ2) is 12.1. The van der Waals surface area contributed by atoms with Crippen LogP contribution in [-0.2, 0) is 42.9 Å². The number of aliphatic carboxylic acids is 1. The number of ether oxygens (including phenoxy) is 4. The van der Waals surface area contributed by atoms with Gasteiger partial charge in [0.2, 0.25) is 5.91 Å². The number of carbonyl (C=O) groups is 5. The van der Waals surface area contributed by atoms with Crippen LogP contribution in [0.3, 0.4) is 0 Å². The van der Waals surface area contributed by atoms with Gasteiger partial charge in [-0.3, -0.25) is 24.0 Å². The van der Waals surface area contributed by atoms with E-state index >= 15 is 0 Å². The van der Waals surface area contributed by atoms with Gasteiger partial charge in [-0.25, -0.2) is 0 Å². The van der Waals surface area contributed by atoms with Crippen molar-refractivity contribution in [3.05, 3.63) is 0 Å². The van der Waals surface area contributed by atoms with Crippen LogP contribution in [0.2, 0.25) is 0 Å². The summed E-state index contributed by atoms with van der Waals surface area (Å²) >= 11 is 0. The molecule has 0 aliphatic heterocycles. The highest BCUT2D eigenvalue weighted by molar-refractivity contribution is 5.73. The Bertz CT molecular complexity index is 649. The molecule has 0 unspecified atom stereocenters. The van der Waals surface area contributed by atoms with Crippen LogP contribution in [0.25, 0.3) is 0 Å². The molecule has 1 rings (SSSR count). The maximum atomic E-state index is 11.8. The summed E-state index contributed by atoms with van der Waals surface area (Å²) in [6.45, 7) is 4.83. The average Bonchev–Trinajstić information content (AvgIpc) is 2.60. The van der Waals surface area contributed by atoms with E-state index in [0.29, 0.717) is 0 Å². The minimum absolute atomic E-state index is 0.0817. The van der Waals surface area contributed by atoms with Crippen molar-refractivity contribution in [3.63, 3.8) is 0 Å². The Morgan fingerprint density at radius 3 is 2.03 bits per heavy atom. The van der Waals surface area contributed by atoms with E-state index in [1.54, 1.807) is 0 Å². The van der Waals surface area contributed by atoms with Gasteiger partial charge in [0, 0.05) is 46.6 Å². The predicted molar refractivity (Wildman–Crippen MR) is 100 cm³/mol. The Kier molecular flexibility index (Phi) is 10.2. The molecule has 0 heterocycles. The van der Waals surface area contributed by atoms with Crippen molar-refractivity contribution in [2.75, 3.05) is 13.2 Å². The van der Waals surface area contributed by atoms with Gasteiger partial charge in [0.05, 0.1) is 18.8 Å². The quantitative estimate of drug-likeness (QED) is 0.278. The number of rotatable bonds is 10. The molecule has 1 amide bonds. The third-order valence-corrected chi connectivity index (χ3v) is 4.42. The lowest BCUT2D eigenvalue weighted by Gasteiger charge is -2.45. The molecule has 11 nitrogen and oxygen atoms in total. The van der Waals surface area contributed by atoms with Gasteiger partial charge in [0.1, 0.15) is 6.10 Å². The molecular weight excluding hydrogens is 402 g/mol. The van der Waals surface area contributed by atoms with Gasteiger partial charge < -0.3 is 29.4 Å². The van der Waals surface area contributed by atoms with Crippen molar-refractivity contribution >= 4 is 29.8 Å². The summed E-state index contributed by atoms with van der Waals surface area (Å²) in [5.41, 5.74) is 0. The first-order valence-electron chi connectivity index (χ1n) is 9.59. The summed E-state index contributed by atoms with van der Waals surface area (Å²) in [6, 6.07) is -0.853. The van der Waals surface area contributed by atoms with E-state index in [-0.39, 0.29) is 32.5 Å². The van der Waals surface area contributed by atoms with E-state index in [1.165, 1.54) is 27.7 Å². The number of amides is 1. The van der Waals surface area contributed by atoms with Gasteiger partial charge in [0.15, 0.2) is 6.10 Å². The minimum atomic E-state index is -1.09. The Morgan fingerprint density at radius 2 is 1.53 bits per heavy atom. The zero-order chi connectivity index (χ0) is 22.8. The molecule has 11 heteroatoms. The van der Waals surface area contributed by atoms with Crippen molar-refractivity contribution in [1.82, 2.24) is 5.32 Å². The number of carboxylic acid groups (broad SMARTS) is 1. The van der Waals surface area contributed by atoms with E-state index in [0.717, 1.165) is 0 Å². The number of esters is 3. The maximum Gasteiger partial charge on any atom is 0.303 e. The smallest absolute Gasteiger partial charge is 0.303 e. The highest BCUT2D eigenvalue weighted by atomic mass is 16.6. The summed E-state index contributed by atoms with van der Waals surface area (Å²) in [4.78, 5) is 57.2. The first-order valence-corrected chi connectivity index (χ1v) is 9.59. The topological polar surface area (TPSA) is 155 Å². The zero-order valence-corrected chi connectivity index (χ0v) is 17.5. The highest BCUT2D eigenvalue weighted by Crippen LogP contribution is 2.33. The largest absolute Gasteiger partial charge is 0.481 e. The molecule has 170 valence electrons. The molecule has 2 N–H and O–H groups in total. The van der Waals surface area contributed by atoms with Crippen LogP contribution in [0.1, 0.15) is 47.0 Å². The minimum Gasteiger partial charge on any atom is -0.481 e. The summed E-state index contributed by atoms with van der Waals surface area (Å²) in [5.74, 6) is -3.80. The summed E-state index contributed by atoms with van der Waals surface area (Å²) in [5, 5.41) is 11.4. The van der Waals surface area contributed by atoms with Crippen molar-refractivity contribution < 1.29 is 48.0 Å². The fraction of sp³-hybridized carbons (Fsp3) is 0.737. The van der Waals surface area contributed by atoms with E-state index in [9.17, 15) is 24.0 Å². The van der Waals surface area contributed by atoms with Crippen molar-refractivity contribution in [3.8, 4) is 0 Å². The molecule has 0 bridgehead atoms. The first-order chi connectivity index (χ1) is 14.0. The van der Waals surface area contributed by atoms with E-state index in [2.05, 4.69) is 5.32 Å². The average molecular weight is 431 g/mol. The zero-order valence-electron chi connectivity index (χ0n) is 17.5. The fourth-order valence-electron chi connectivity index (χ4n) is 3.38. The van der Waals surface area contributed by atoms with Crippen LogP contribution in [0, 0.1) is 5.92 Å². The second-order valence-electron chi connectivity index (χ2n) is 7.08. The van der Waals surface area contributed by atoms with Crippen molar-refractivity contribution in [1.29, 1.82) is 0 Å². The Balaban J connectivity index is 3.17. The van der Waals surface area contributed by atoms with Gasteiger partial charge in [-0.15, -0.1) is 0 Å². The maximum absolute atomic E-state index is 11.8. The Morgan fingerprint density at radius 1 is 0.933 bits per heavy atom. The lowest BCUT2D eigenvalue weighted by atomic mass is 9.79. The molecule has 1 fully saturated rings. The molecule has 0 spiro atoms. The van der Waals surface area contributed by atoms with E-state index in [4.69, 9.17) is 24.1 Å². The summed E-state index contributed by atoms with van der Waals surface area (Å²) in [6.07, 6.45) is -2.42. The first kappa shape index (κ1) is 25.3. The number of carbonyl (C=O) groups excluding carboxylic acids is 4. The number of hydrogen-bond acceptors (Lipinski definition) is 9. The molecule has 30 heavy (non-hydrogen) atoms. The van der Waals surface area contributed by atoms with Gasteiger partial charge in [-0.2, -0.15) is 0 Å². The molecule has 1 aliphatic rings. The van der Waals surface area contributed by atoms with Crippen LogP contribution in [0.4, 0.5) is 0 Å². The molecule has 1 saturated carbocycles. The summed E-state index contributed by atoms with van der Waals surface area (Å²) < 4.78 is 21.6. The molecular formula is C19H29NO10. The molecule has 0 aromatic carbocycles. The monoisotopic (exact) mass is 431 g/mol. The number of carboxylic acids is 1. The van der Waals surface area contributed by atoms with Crippen molar-refractivity contribution in [2.45, 2.75) is 71.3 Å². The molecule has 0 aromatic heterocycles.